The average Bonchev–Trinajstić information content (AvgIpc) is 2.64. The number of hydrazine groups is 1. The van der Waals surface area contributed by atoms with Gasteiger partial charge in [0.05, 0.1) is 0 Å². The minimum Gasteiger partial charge on any atom is -0.484 e. The number of thiocarbonyl (C=S) groups is 1. The van der Waals surface area contributed by atoms with Gasteiger partial charge in [0.25, 0.3) is 11.8 Å². The van der Waals surface area contributed by atoms with Gasteiger partial charge < -0.3 is 9.47 Å². The van der Waals surface area contributed by atoms with Crippen LogP contribution in [0.5, 0.6) is 11.5 Å². The Kier molecular flexibility index (Phi) is 7.57. The van der Waals surface area contributed by atoms with Crippen molar-refractivity contribution in [3.63, 3.8) is 0 Å². The van der Waals surface area contributed by atoms with Crippen molar-refractivity contribution in [2.75, 3.05) is 13.2 Å². The van der Waals surface area contributed by atoms with Gasteiger partial charge in [0.1, 0.15) is 11.5 Å². The lowest BCUT2D eigenvalue weighted by Gasteiger charge is -2.12. The Morgan fingerprint density at radius 1 is 0.852 bits per heavy atom. The smallest absolute Gasteiger partial charge is 0.276 e. The first-order valence-corrected chi connectivity index (χ1v) is 8.61. The van der Waals surface area contributed by atoms with E-state index in [-0.39, 0.29) is 18.3 Å². The molecule has 0 bridgehead atoms. The monoisotopic (exact) mass is 387 g/mol. The molecule has 27 heavy (non-hydrogen) atoms. The Hall–Kier alpha value is -3.13. The molecule has 0 unspecified atom stereocenters. The first-order chi connectivity index (χ1) is 12.9. The van der Waals surface area contributed by atoms with Crippen LogP contribution in [0.3, 0.4) is 0 Å². The standard InChI is InChI=1S/C19H21N3O4S/c1-13-6-8-15(9-7-13)25-11-17(23)20-19(27)22-21-18(24)12-26-16-5-3-4-14(2)10-16/h3-10H,11-12H2,1-2H3,(H,21,24)(H2,20,22,23,27). The lowest BCUT2D eigenvalue weighted by atomic mass is 10.2. The molecule has 0 spiro atoms. The van der Waals surface area contributed by atoms with Crippen LogP contribution in [0.15, 0.2) is 48.5 Å². The molecule has 2 amide bonds. The van der Waals surface area contributed by atoms with Gasteiger partial charge in [-0.1, -0.05) is 29.8 Å². The molecule has 0 aromatic heterocycles. The number of hydrogen-bond donors (Lipinski definition) is 3. The van der Waals surface area contributed by atoms with Crippen LogP contribution in [0, 0.1) is 13.8 Å². The Morgan fingerprint density at radius 2 is 1.52 bits per heavy atom. The van der Waals surface area contributed by atoms with Crippen LogP contribution >= 0.6 is 12.2 Å². The summed E-state index contributed by atoms with van der Waals surface area (Å²) in [5.74, 6) is 0.285. The lowest BCUT2D eigenvalue weighted by molar-refractivity contribution is -0.124. The summed E-state index contributed by atoms with van der Waals surface area (Å²) >= 11 is 4.94. The van der Waals surface area contributed by atoms with Gasteiger partial charge in [0.15, 0.2) is 18.3 Å². The number of ether oxygens (including phenoxy) is 2. The molecule has 0 radical (unpaired) electrons. The van der Waals surface area contributed by atoms with Crippen LogP contribution in [0.1, 0.15) is 11.1 Å². The van der Waals surface area contributed by atoms with E-state index in [1.165, 1.54) is 0 Å². The van der Waals surface area contributed by atoms with E-state index in [9.17, 15) is 9.59 Å². The number of nitrogens with one attached hydrogen (secondary N) is 3. The number of amides is 2. The first kappa shape index (κ1) is 20.2. The van der Waals surface area contributed by atoms with E-state index in [1.807, 2.05) is 44.2 Å². The zero-order valence-electron chi connectivity index (χ0n) is 15.1. The molecule has 0 fully saturated rings. The third-order valence-corrected chi connectivity index (χ3v) is 3.52. The van der Waals surface area contributed by atoms with Crippen molar-refractivity contribution in [3.05, 3.63) is 59.7 Å². The maximum Gasteiger partial charge on any atom is 0.276 e. The Bertz CT molecular complexity index is 809. The van der Waals surface area contributed by atoms with E-state index in [0.717, 1.165) is 11.1 Å². The van der Waals surface area contributed by atoms with Crippen molar-refractivity contribution in [1.29, 1.82) is 0 Å². The number of benzene rings is 2. The molecule has 0 aliphatic carbocycles. The van der Waals surface area contributed by atoms with Crippen molar-refractivity contribution >= 4 is 29.1 Å². The fourth-order valence-electron chi connectivity index (χ4n) is 1.99. The molecule has 0 heterocycles. The van der Waals surface area contributed by atoms with Gasteiger partial charge in [-0.2, -0.15) is 0 Å². The zero-order chi connectivity index (χ0) is 19.6. The highest BCUT2D eigenvalue weighted by atomic mass is 32.1. The predicted octanol–water partition coefficient (Wildman–Crippen LogP) is 1.78. The second-order valence-electron chi connectivity index (χ2n) is 5.76. The highest BCUT2D eigenvalue weighted by Crippen LogP contribution is 2.12. The van der Waals surface area contributed by atoms with Gasteiger partial charge in [-0.05, 0) is 55.9 Å². The van der Waals surface area contributed by atoms with Gasteiger partial charge in [-0.3, -0.25) is 25.8 Å². The minimum absolute atomic E-state index is 0.0450. The van der Waals surface area contributed by atoms with Crippen molar-refractivity contribution in [3.8, 4) is 11.5 Å². The van der Waals surface area contributed by atoms with Crippen molar-refractivity contribution in [2.24, 2.45) is 0 Å². The molecule has 0 saturated heterocycles. The summed E-state index contributed by atoms with van der Waals surface area (Å²) in [4.78, 5) is 23.5. The molecule has 2 aromatic carbocycles. The maximum atomic E-state index is 11.8. The third kappa shape index (κ3) is 7.74. The minimum atomic E-state index is -0.446. The highest BCUT2D eigenvalue weighted by molar-refractivity contribution is 7.80. The van der Waals surface area contributed by atoms with E-state index in [4.69, 9.17) is 21.7 Å². The number of hydrogen-bond acceptors (Lipinski definition) is 5. The summed E-state index contributed by atoms with van der Waals surface area (Å²) in [6, 6.07) is 14.7. The average molecular weight is 387 g/mol. The van der Waals surface area contributed by atoms with Crippen LogP contribution in [0.25, 0.3) is 0 Å². The number of carbonyl (C=O) groups is 2. The molecule has 8 heteroatoms. The summed E-state index contributed by atoms with van der Waals surface area (Å²) in [6.45, 7) is 3.50. The highest BCUT2D eigenvalue weighted by Gasteiger charge is 2.08. The summed E-state index contributed by atoms with van der Waals surface area (Å²) in [5.41, 5.74) is 6.90. The van der Waals surface area contributed by atoms with Crippen LogP contribution in [0.2, 0.25) is 0 Å². The van der Waals surface area contributed by atoms with Crippen molar-refractivity contribution in [2.45, 2.75) is 13.8 Å². The number of carbonyl (C=O) groups excluding carboxylic acids is 2. The van der Waals surface area contributed by atoms with E-state index in [2.05, 4.69) is 16.2 Å². The summed E-state index contributed by atoms with van der Waals surface area (Å²) in [5, 5.41) is 2.35. The summed E-state index contributed by atoms with van der Waals surface area (Å²) in [6.07, 6.45) is 0. The van der Waals surface area contributed by atoms with E-state index >= 15 is 0 Å². The number of aryl methyl sites for hydroxylation is 2. The fourth-order valence-corrected chi connectivity index (χ4v) is 2.16. The Labute approximate surface area is 163 Å². The molecule has 3 N–H and O–H groups in total. The van der Waals surface area contributed by atoms with Gasteiger partial charge in [0.2, 0.25) is 0 Å². The van der Waals surface area contributed by atoms with Crippen LogP contribution < -0.4 is 25.6 Å². The van der Waals surface area contributed by atoms with Crippen LogP contribution in [-0.4, -0.2) is 30.1 Å². The molecule has 142 valence electrons. The van der Waals surface area contributed by atoms with Gasteiger partial charge in [-0.25, -0.2) is 0 Å². The Morgan fingerprint density at radius 3 is 2.22 bits per heavy atom. The zero-order valence-corrected chi connectivity index (χ0v) is 15.9. The second-order valence-corrected chi connectivity index (χ2v) is 6.17. The third-order valence-electron chi connectivity index (χ3n) is 3.32. The molecular formula is C19H21N3O4S. The van der Waals surface area contributed by atoms with E-state index in [1.54, 1.807) is 18.2 Å². The molecule has 2 aromatic rings. The first-order valence-electron chi connectivity index (χ1n) is 8.20. The Balaban J connectivity index is 1.63. The van der Waals surface area contributed by atoms with Gasteiger partial charge >= 0.3 is 0 Å². The second kappa shape index (κ2) is 10.1. The molecule has 0 saturated carbocycles. The van der Waals surface area contributed by atoms with Crippen LogP contribution in [-0.2, 0) is 9.59 Å². The van der Waals surface area contributed by atoms with Crippen molar-refractivity contribution in [1.82, 2.24) is 16.2 Å². The summed E-state index contributed by atoms with van der Waals surface area (Å²) in [7, 11) is 0. The van der Waals surface area contributed by atoms with E-state index < -0.39 is 11.8 Å². The topological polar surface area (TPSA) is 88.7 Å². The molecule has 7 nitrogen and oxygen atoms in total. The predicted molar refractivity (Wildman–Crippen MR) is 105 cm³/mol. The molecule has 0 atom stereocenters. The van der Waals surface area contributed by atoms with Crippen molar-refractivity contribution < 1.29 is 19.1 Å². The molecule has 0 aliphatic rings. The van der Waals surface area contributed by atoms with E-state index in [0.29, 0.717) is 11.5 Å². The number of rotatable bonds is 6. The lowest BCUT2D eigenvalue weighted by Crippen LogP contribution is -2.50. The SMILES string of the molecule is Cc1ccc(OCC(=O)NC(=S)NNC(=O)COc2cccc(C)c2)cc1. The quantitative estimate of drug-likeness (QED) is 0.517. The maximum absolute atomic E-state index is 11.8. The fraction of sp³-hybridized carbons (Fsp3) is 0.211. The largest absolute Gasteiger partial charge is 0.484 e. The molecular weight excluding hydrogens is 366 g/mol. The van der Waals surface area contributed by atoms with Gasteiger partial charge in [-0.15, -0.1) is 0 Å². The van der Waals surface area contributed by atoms with Crippen LogP contribution in [0.4, 0.5) is 0 Å². The van der Waals surface area contributed by atoms with Gasteiger partial charge in [0, 0.05) is 0 Å². The summed E-state index contributed by atoms with van der Waals surface area (Å²) < 4.78 is 10.7. The molecule has 2 rings (SSSR count). The normalized spacial score (nSPS) is 9.85. The molecule has 0 aliphatic heterocycles.